The van der Waals surface area contributed by atoms with Crippen LogP contribution in [0.15, 0.2) is 0 Å². The van der Waals surface area contributed by atoms with Gasteiger partial charge in [0.05, 0.1) is 13.2 Å². The highest BCUT2D eigenvalue weighted by Gasteiger charge is 2.16. The van der Waals surface area contributed by atoms with Gasteiger partial charge in [0.1, 0.15) is 11.2 Å². The zero-order valence-electron chi connectivity index (χ0n) is 24.3. The number of ether oxygens (including phenoxy) is 3. The summed E-state index contributed by atoms with van der Waals surface area (Å²) >= 11 is 0. The molecule has 1 saturated heterocycles. The fourth-order valence-corrected chi connectivity index (χ4v) is 3.35. The highest BCUT2D eigenvalue weighted by molar-refractivity contribution is 5.67. The molecule has 2 rings (SSSR count). The molecule has 1 aliphatic rings. The molecule has 222 valence electrons. The lowest BCUT2D eigenvalue weighted by Crippen LogP contribution is -2.39. The van der Waals surface area contributed by atoms with Gasteiger partial charge in [-0.05, 0) is 54.4 Å². The number of aromatic nitrogens is 3. The predicted molar refractivity (Wildman–Crippen MR) is 150 cm³/mol. The van der Waals surface area contributed by atoms with Gasteiger partial charge in [-0.3, -0.25) is 4.90 Å². The second kappa shape index (κ2) is 16.1. The zero-order chi connectivity index (χ0) is 28.7. The molecule has 39 heavy (non-hydrogen) atoms. The largest absolute Gasteiger partial charge is 0.444 e. The van der Waals surface area contributed by atoms with Gasteiger partial charge in [-0.2, -0.15) is 15.0 Å². The summed E-state index contributed by atoms with van der Waals surface area (Å²) in [5.41, 5.74) is -1.07. The van der Waals surface area contributed by atoms with E-state index in [4.69, 9.17) is 14.2 Å². The molecular weight excluding hydrogens is 506 g/mol. The van der Waals surface area contributed by atoms with Crippen LogP contribution < -0.4 is 26.6 Å². The molecule has 0 saturated carbocycles. The van der Waals surface area contributed by atoms with Crippen molar-refractivity contribution in [1.29, 1.82) is 0 Å². The van der Waals surface area contributed by atoms with Crippen molar-refractivity contribution >= 4 is 30.0 Å². The Morgan fingerprint density at radius 2 is 1.13 bits per heavy atom. The fraction of sp³-hybridized carbons (Fsp3) is 0.800. The van der Waals surface area contributed by atoms with Crippen molar-refractivity contribution < 1.29 is 23.8 Å². The Hall–Kier alpha value is -3.13. The van der Waals surface area contributed by atoms with E-state index in [-0.39, 0.29) is 0 Å². The molecule has 0 radical (unpaired) electrons. The lowest BCUT2D eigenvalue weighted by molar-refractivity contribution is 0.0398. The number of hydrogen-bond donors (Lipinski definition) is 5. The first kappa shape index (κ1) is 32.1. The minimum Gasteiger partial charge on any atom is -0.444 e. The SMILES string of the molecule is CC(C)(C)OC(=O)NCCCNc1nc(NCCCNC(=O)OC(C)(C)C)nc(NCCN2CCOCC2)n1. The molecule has 5 N–H and O–H groups in total. The lowest BCUT2D eigenvalue weighted by atomic mass is 10.2. The van der Waals surface area contributed by atoms with E-state index < -0.39 is 23.4 Å². The molecule has 1 fully saturated rings. The lowest BCUT2D eigenvalue weighted by Gasteiger charge is -2.26. The second-order valence-corrected chi connectivity index (χ2v) is 11.1. The van der Waals surface area contributed by atoms with E-state index in [0.717, 1.165) is 32.8 Å². The molecule has 1 aliphatic heterocycles. The van der Waals surface area contributed by atoms with Crippen molar-refractivity contribution in [3.63, 3.8) is 0 Å². The molecule has 0 bridgehead atoms. The molecule has 2 heterocycles. The molecule has 0 aliphatic carbocycles. The van der Waals surface area contributed by atoms with Gasteiger partial charge >= 0.3 is 12.2 Å². The molecule has 2 amide bonds. The minimum atomic E-state index is -0.534. The fourth-order valence-electron chi connectivity index (χ4n) is 3.35. The maximum atomic E-state index is 11.8. The van der Waals surface area contributed by atoms with E-state index in [1.165, 1.54) is 0 Å². The van der Waals surface area contributed by atoms with E-state index >= 15 is 0 Å². The Kier molecular flexibility index (Phi) is 13.2. The third-order valence-corrected chi connectivity index (χ3v) is 5.06. The van der Waals surface area contributed by atoms with Crippen molar-refractivity contribution in [2.75, 3.05) is 81.5 Å². The van der Waals surface area contributed by atoms with E-state index in [1.807, 2.05) is 41.5 Å². The average molecular weight is 554 g/mol. The van der Waals surface area contributed by atoms with E-state index in [9.17, 15) is 9.59 Å². The van der Waals surface area contributed by atoms with Crippen molar-refractivity contribution in [2.45, 2.75) is 65.6 Å². The Balaban J connectivity index is 1.83. The molecule has 0 aromatic carbocycles. The number of carbonyl (C=O) groups excluding carboxylic acids is 2. The summed E-state index contributed by atoms with van der Waals surface area (Å²) in [7, 11) is 0. The number of hydrogen-bond acceptors (Lipinski definition) is 12. The van der Waals surface area contributed by atoms with Gasteiger partial charge in [0, 0.05) is 52.4 Å². The van der Waals surface area contributed by atoms with Crippen molar-refractivity contribution in [1.82, 2.24) is 30.5 Å². The Bertz CT molecular complexity index is 827. The number of nitrogens with one attached hydrogen (secondary N) is 5. The number of alkyl carbamates (subject to hydrolysis) is 2. The van der Waals surface area contributed by atoms with Crippen LogP contribution in [0.3, 0.4) is 0 Å². The van der Waals surface area contributed by atoms with E-state index in [1.54, 1.807) is 0 Å². The van der Waals surface area contributed by atoms with E-state index in [0.29, 0.717) is 63.4 Å². The molecule has 14 nitrogen and oxygen atoms in total. The van der Waals surface area contributed by atoms with Gasteiger partial charge in [-0.1, -0.05) is 0 Å². The molecule has 14 heteroatoms. The van der Waals surface area contributed by atoms with Crippen molar-refractivity contribution in [2.24, 2.45) is 0 Å². The Labute approximate surface area is 231 Å². The number of amides is 2. The van der Waals surface area contributed by atoms with Crippen LogP contribution in [-0.2, 0) is 14.2 Å². The summed E-state index contributed by atoms with van der Waals surface area (Å²) in [5, 5.41) is 15.1. The zero-order valence-corrected chi connectivity index (χ0v) is 24.3. The maximum Gasteiger partial charge on any atom is 0.407 e. The van der Waals surface area contributed by atoms with Gasteiger partial charge in [0.15, 0.2) is 0 Å². The van der Waals surface area contributed by atoms with Crippen molar-refractivity contribution in [3.05, 3.63) is 0 Å². The summed E-state index contributed by atoms with van der Waals surface area (Å²) < 4.78 is 15.9. The van der Waals surface area contributed by atoms with Crippen LogP contribution >= 0.6 is 0 Å². The monoisotopic (exact) mass is 553 g/mol. The van der Waals surface area contributed by atoms with Crippen molar-refractivity contribution in [3.8, 4) is 0 Å². The molecule has 0 spiro atoms. The number of carbonyl (C=O) groups is 2. The number of rotatable bonds is 14. The third-order valence-electron chi connectivity index (χ3n) is 5.06. The average Bonchev–Trinajstić information content (AvgIpc) is 2.82. The van der Waals surface area contributed by atoms with Crippen LogP contribution in [0.5, 0.6) is 0 Å². The van der Waals surface area contributed by atoms with Crippen LogP contribution in [0.25, 0.3) is 0 Å². The number of anilines is 3. The normalized spacial score (nSPS) is 14.3. The minimum absolute atomic E-state index is 0.422. The van der Waals surface area contributed by atoms with Gasteiger partial charge in [-0.25, -0.2) is 9.59 Å². The maximum absolute atomic E-state index is 11.8. The van der Waals surface area contributed by atoms with Crippen LogP contribution in [-0.4, -0.2) is 109 Å². The smallest absolute Gasteiger partial charge is 0.407 e. The summed E-state index contributed by atoms with van der Waals surface area (Å²) in [6, 6.07) is 0. The van der Waals surface area contributed by atoms with Gasteiger partial charge in [-0.15, -0.1) is 0 Å². The van der Waals surface area contributed by atoms with Crippen LogP contribution in [0.4, 0.5) is 27.4 Å². The Morgan fingerprint density at radius 3 is 1.54 bits per heavy atom. The highest BCUT2D eigenvalue weighted by atomic mass is 16.6. The molecule has 0 atom stereocenters. The quantitative estimate of drug-likeness (QED) is 0.214. The highest BCUT2D eigenvalue weighted by Crippen LogP contribution is 2.10. The summed E-state index contributed by atoms with van der Waals surface area (Å²) in [5.74, 6) is 1.30. The number of morpholine rings is 1. The molecular formula is C25H47N9O5. The summed E-state index contributed by atoms with van der Waals surface area (Å²) in [4.78, 5) is 39.3. The molecule has 1 aromatic heterocycles. The van der Waals surface area contributed by atoms with Crippen LogP contribution in [0.2, 0.25) is 0 Å². The standard InChI is InChI=1S/C25H47N9O5/c1-24(2,3)38-22(35)29-11-7-9-26-19-31-20(27-10-8-12-30-23(36)39-25(4,5)6)33-21(32-19)28-13-14-34-15-17-37-18-16-34/h7-18H2,1-6H3,(H,29,35)(H,30,36)(H3,26,27,28,31,32,33). The summed E-state index contributed by atoms with van der Waals surface area (Å²) in [6.07, 6.45) is 0.428. The van der Waals surface area contributed by atoms with Gasteiger partial charge in [0.25, 0.3) is 0 Å². The first-order valence-electron chi connectivity index (χ1n) is 13.6. The molecule has 1 aromatic rings. The predicted octanol–water partition coefficient (Wildman–Crippen LogP) is 2.27. The summed E-state index contributed by atoms with van der Waals surface area (Å²) in [6.45, 7) is 17.8. The van der Waals surface area contributed by atoms with Crippen LogP contribution in [0.1, 0.15) is 54.4 Å². The van der Waals surface area contributed by atoms with Gasteiger partial charge < -0.3 is 40.8 Å². The first-order chi connectivity index (χ1) is 18.4. The third kappa shape index (κ3) is 15.8. The van der Waals surface area contributed by atoms with Gasteiger partial charge in [0.2, 0.25) is 17.8 Å². The van der Waals surface area contributed by atoms with E-state index in [2.05, 4.69) is 46.4 Å². The Morgan fingerprint density at radius 1 is 0.718 bits per heavy atom. The first-order valence-corrected chi connectivity index (χ1v) is 13.6. The number of nitrogens with zero attached hydrogens (tertiary/aromatic N) is 4. The topological polar surface area (TPSA) is 164 Å². The molecule has 0 unspecified atom stereocenters. The van der Waals surface area contributed by atoms with Crippen LogP contribution in [0, 0.1) is 0 Å². The second-order valence-electron chi connectivity index (χ2n) is 11.1.